The first kappa shape index (κ1) is 19.6. The number of nitrogens with one attached hydrogen (secondary N) is 2. The van der Waals surface area contributed by atoms with Crippen LogP contribution in [-0.2, 0) is 0 Å². The minimum Gasteiger partial charge on any atom is -0.489 e. The Morgan fingerprint density at radius 3 is 2.46 bits per heavy atom. The zero-order valence-electron chi connectivity index (χ0n) is 17.0. The van der Waals surface area contributed by atoms with Crippen molar-refractivity contribution < 1.29 is 4.74 Å². The average molecular weight is 377 g/mol. The normalized spacial score (nSPS) is 11.0. The van der Waals surface area contributed by atoms with E-state index >= 15 is 0 Å². The Morgan fingerprint density at radius 2 is 1.71 bits per heavy atom. The van der Waals surface area contributed by atoms with E-state index in [-0.39, 0.29) is 6.10 Å². The van der Waals surface area contributed by atoms with Gasteiger partial charge in [-0.3, -0.25) is 0 Å². The van der Waals surface area contributed by atoms with Crippen LogP contribution in [0.1, 0.15) is 44.7 Å². The summed E-state index contributed by atoms with van der Waals surface area (Å²) >= 11 is 0. The van der Waals surface area contributed by atoms with Gasteiger partial charge in [0.15, 0.2) is 5.82 Å². The van der Waals surface area contributed by atoms with Gasteiger partial charge in [-0.25, -0.2) is 0 Å². The largest absolute Gasteiger partial charge is 0.489 e. The molecule has 3 rings (SSSR count). The zero-order chi connectivity index (χ0) is 20.1. The van der Waals surface area contributed by atoms with Crippen molar-refractivity contribution in [2.45, 2.75) is 46.6 Å². The van der Waals surface area contributed by atoms with Gasteiger partial charge in [-0.15, -0.1) is 5.10 Å². The molecule has 0 fully saturated rings. The molecule has 2 aromatic carbocycles. The highest BCUT2D eigenvalue weighted by Gasteiger charge is 2.12. The van der Waals surface area contributed by atoms with Crippen molar-refractivity contribution in [3.8, 4) is 5.75 Å². The Morgan fingerprint density at radius 1 is 0.929 bits per heavy atom. The lowest BCUT2D eigenvalue weighted by Crippen LogP contribution is -2.09. The summed E-state index contributed by atoms with van der Waals surface area (Å²) in [5.41, 5.74) is 4.26. The molecule has 146 valence electrons. The molecule has 1 heterocycles. The van der Waals surface area contributed by atoms with Gasteiger partial charge in [0.05, 0.1) is 18.0 Å². The number of hydrogen-bond acceptors (Lipinski definition) is 6. The van der Waals surface area contributed by atoms with Gasteiger partial charge in [0.2, 0.25) is 5.95 Å². The molecule has 0 spiro atoms. The minimum absolute atomic E-state index is 0.0745. The van der Waals surface area contributed by atoms with Gasteiger partial charge in [-0.1, -0.05) is 44.2 Å². The maximum absolute atomic E-state index is 5.85. The standard InChI is InChI=1S/C22H27N5O/c1-14(2)17-10-8-9-16(5)21(17)25-20-13-23-27-22(26-20)24-18-11-6-7-12-19(18)28-15(3)4/h6-15H,1-5H3,(H2,24,25,26,27). The molecule has 0 atom stereocenters. The van der Waals surface area contributed by atoms with Crippen LogP contribution in [-0.4, -0.2) is 21.3 Å². The van der Waals surface area contributed by atoms with E-state index in [0.717, 1.165) is 22.7 Å². The summed E-state index contributed by atoms with van der Waals surface area (Å²) in [6, 6.07) is 14.0. The van der Waals surface area contributed by atoms with E-state index in [2.05, 4.69) is 64.8 Å². The highest BCUT2D eigenvalue weighted by atomic mass is 16.5. The van der Waals surface area contributed by atoms with E-state index in [4.69, 9.17) is 4.74 Å². The smallest absolute Gasteiger partial charge is 0.249 e. The van der Waals surface area contributed by atoms with Gasteiger partial charge in [-0.2, -0.15) is 10.1 Å². The predicted molar refractivity (Wildman–Crippen MR) is 114 cm³/mol. The number of ether oxygens (including phenoxy) is 1. The number of hydrogen-bond donors (Lipinski definition) is 2. The highest BCUT2D eigenvalue weighted by molar-refractivity contribution is 5.67. The predicted octanol–water partition coefficient (Wildman–Crippen LogP) is 5.58. The first-order chi connectivity index (χ1) is 13.4. The van der Waals surface area contributed by atoms with Crippen molar-refractivity contribution >= 4 is 23.1 Å². The Labute approximate surface area is 166 Å². The molecule has 0 bridgehead atoms. The summed E-state index contributed by atoms with van der Waals surface area (Å²) in [5.74, 6) is 2.19. The third kappa shape index (κ3) is 4.76. The zero-order valence-corrected chi connectivity index (χ0v) is 17.0. The van der Waals surface area contributed by atoms with Gasteiger partial charge in [0.25, 0.3) is 0 Å². The molecule has 3 aromatic rings. The van der Waals surface area contributed by atoms with Crippen molar-refractivity contribution in [1.82, 2.24) is 15.2 Å². The molecule has 28 heavy (non-hydrogen) atoms. The van der Waals surface area contributed by atoms with E-state index in [1.165, 1.54) is 5.56 Å². The quantitative estimate of drug-likeness (QED) is 0.560. The third-order valence-corrected chi connectivity index (χ3v) is 4.24. The van der Waals surface area contributed by atoms with Crippen molar-refractivity contribution in [2.24, 2.45) is 0 Å². The monoisotopic (exact) mass is 377 g/mol. The van der Waals surface area contributed by atoms with Crippen LogP contribution in [0.15, 0.2) is 48.7 Å². The number of aromatic nitrogens is 3. The van der Waals surface area contributed by atoms with Gasteiger partial charge in [-0.05, 0) is 49.9 Å². The van der Waals surface area contributed by atoms with Crippen LogP contribution < -0.4 is 15.4 Å². The molecular formula is C22H27N5O. The maximum Gasteiger partial charge on any atom is 0.249 e. The maximum atomic E-state index is 5.85. The Kier molecular flexibility index (Phi) is 6.09. The molecular weight excluding hydrogens is 350 g/mol. The number of rotatable bonds is 7. The van der Waals surface area contributed by atoms with Gasteiger partial charge < -0.3 is 15.4 Å². The van der Waals surface area contributed by atoms with E-state index in [9.17, 15) is 0 Å². The fourth-order valence-electron chi connectivity index (χ4n) is 2.93. The molecule has 0 amide bonds. The third-order valence-electron chi connectivity index (χ3n) is 4.24. The first-order valence-electron chi connectivity index (χ1n) is 9.53. The Hall–Kier alpha value is -3.15. The van der Waals surface area contributed by atoms with Crippen molar-refractivity contribution in [3.05, 3.63) is 59.8 Å². The molecule has 6 nitrogen and oxygen atoms in total. The lowest BCUT2D eigenvalue weighted by atomic mass is 9.98. The lowest BCUT2D eigenvalue weighted by molar-refractivity contribution is 0.244. The Balaban J connectivity index is 1.85. The summed E-state index contributed by atoms with van der Waals surface area (Å²) < 4.78 is 5.85. The highest BCUT2D eigenvalue weighted by Crippen LogP contribution is 2.30. The number of para-hydroxylation sites is 3. The van der Waals surface area contributed by atoms with Crippen LogP contribution >= 0.6 is 0 Å². The molecule has 1 aromatic heterocycles. The van der Waals surface area contributed by atoms with Crippen molar-refractivity contribution in [2.75, 3.05) is 10.6 Å². The molecule has 0 unspecified atom stereocenters. The molecule has 0 radical (unpaired) electrons. The molecule has 0 aliphatic heterocycles. The topological polar surface area (TPSA) is 72.0 Å². The molecule has 6 heteroatoms. The molecule has 0 saturated heterocycles. The van der Waals surface area contributed by atoms with Gasteiger partial charge >= 0.3 is 0 Å². The summed E-state index contributed by atoms with van der Waals surface area (Å²) in [7, 11) is 0. The summed E-state index contributed by atoms with van der Waals surface area (Å²) in [6.07, 6.45) is 1.70. The summed E-state index contributed by atoms with van der Waals surface area (Å²) in [4.78, 5) is 4.57. The van der Waals surface area contributed by atoms with Crippen LogP contribution in [0.25, 0.3) is 0 Å². The Bertz CT molecular complexity index is 940. The second-order valence-electron chi connectivity index (χ2n) is 7.27. The van der Waals surface area contributed by atoms with Crippen LogP contribution in [0.4, 0.5) is 23.1 Å². The molecule has 0 aliphatic rings. The lowest BCUT2D eigenvalue weighted by Gasteiger charge is -2.17. The number of anilines is 4. The fraction of sp³-hybridized carbons (Fsp3) is 0.318. The van der Waals surface area contributed by atoms with E-state index in [1.54, 1.807) is 6.20 Å². The van der Waals surface area contributed by atoms with Crippen molar-refractivity contribution in [3.63, 3.8) is 0 Å². The number of aryl methyl sites for hydroxylation is 1. The second kappa shape index (κ2) is 8.69. The van der Waals surface area contributed by atoms with Crippen LogP contribution in [0.3, 0.4) is 0 Å². The van der Waals surface area contributed by atoms with Crippen LogP contribution in [0.5, 0.6) is 5.75 Å². The van der Waals surface area contributed by atoms with Crippen molar-refractivity contribution in [1.29, 1.82) is 0 Å². The van der Waals surface area contributed by atoms with Crippen LogP contribution in [0, 0.1) is 6.92 Å². The SMILES string of the molecule is Cc1cccc(C(C)C)c1Nc1cnnc(Nc2ccccc2OC(C)C)n1. The van der Waals surface area contributed by atoms with Gasteiger partial charge in [0.1, 0.15) is 5.75 Å². The van der Waals surface area contributed by atoms with E-state index < -0.39 is 0 Å². The number of benzene rings is 2. The van der Waals surface area contributed by atoms with E-state index in [0.29, 0.717) is 17.7 Å². The summed E-state index contributed by atoms with van der Waals surface area (Å²) in [5, 5.41) is 14.8. The molecule has 0 saturated carbocycles. The first-order valence-corrected chi connectivity index (χ1v) is 9.53. The number of nitrogens with zero attached hydrogens (tertiary/aromatic N) is 3. The minimum atomic E-state index is 0.0745. The average Bonchev–Trinajstić information content (AvgIpc) is 2.65. The fourth-order valence-corrected chi connectivity index (χ4v) is 2.93. The second-order valence-corrected chi connectivity index (χ2v) is 7.27. The molecule has 2 N–H and O–H groups in total. The van der Waals surface area contributed by atoms with E-state index in [1.807, 2.05) is 38.1 Å². The summed E-state index contributed by atoms with van der Waals surface area (Å²) in [6.45, 7) is 10.4. The van der Waals surface area contributed by atoms with Crippen LogP contribution in [0.2, 0.25) is 0 Å². The van der Waals surface area contributed by atoms with Gasteiger partial charge in [0, 0.05) is 5.69 Å². The molecule has 0 aliphatic carbocycles.